The van der Waals surface area contributed by atoms with E-state index in [1.54, 1.807) is 17.1 Å². The molecular formula is C13H16F2N4. The molecule has 0 radical (unpaired) electrons. The van der Waals surface area contributed by atoms with E-state index in [0.29, 0.717) is 5.56 Å². The van der Waals surface area contributed by atoms with Crippen LogP contribution in [-0.2, 0) is 6.54 Å². The zero-order valence-corrected chi connectivity index (χ0v) is 10.6. The molecule has 2 rings (SSSR count). The first-order valence-electron chi connectivity index (χ1n) is 6.09. The summed E-state index contributed by atoms with van der Waals surface area (Å²) in [6.45, 7) is 2.80. The predicted octanol–water partition coefficient (Wildman–Crippen LogP) is 2.12. The maximum absolute atomic E-state index is 13.8. The minimum Gasteiger partial charge on any atom is -0.272 e. The molecule has 6 heteroatoms. The highest BCUT2D eigenvalue weighted by Gasteiger charge is 2.20. The predicted molar refractivity (Wildman–Crippen MR) is 68.0 cm³/mol. The van der Waals surface area contributed by atoms with Crippen LogP contribution in [0.25, 0.3) is 0 Å². The van der Waals surface area contributed by atoms with Crippen LogP contribution in [0.1, 0.15) is 30.5 Å². The third kappa shape index (κ3) is 2.80. The molecule has 0 bridgehead atoms. The van der Waals surface area contributed by atoms with Gasteiger partial charge < -0.3 is 0 Å². The maximum Gasteiger partial charge on any atom is 0.163 e. The Morgan fingerprint density at radius 3 is 2.89 bits per heavy atom. The zero-order valence-electron chi connectivity index (χ0n) is 10.6. The fraction of sp³-hybridized carbons (Fsp3) is 0.308. The summed E-state index contributed by atoms with van der Waals surface area (Å²) in [4.78, 5) is 0. The summed E-state index contributed by atoms with van der Waals surface area (Å²) < 4.78 is 28.8. The molecular weight excluding hydrogens is 250 g/mol. The number of nitrogens with two attached hydrogens (primary N) is 1. The fourth-order valence-electron chi connectivity index (χ4n) is 1.99. The van der Waals surface area contributed by atoms with E-state index in [4.69, 9.17) is 5.84 Å². The molecule has 102 valence electrons. The first kappa shape index (κ1) is 13.6. The molecule has 0 fully saturated rings. The molecule has 1 aromatic heterocycles. The van der Waals surface area contributed by atoms with Crippen molar-refractivity contribution in [3.8, 4) is 0 Å². The minimum atomic E-state index is -0.895. The number of rotatable bonds is 5. The van der Waals surface area contributed by atoms with E-state index in [1.165, 1.54) is 12.1 Å². The van der Waals surface area contributed by atoms with Crippen molar-refractivity contribution in [2.75, 3.05) is 0 Å². The lowest BCUT2D eigenvalue weighted by Gasteiger charge is -2.15. The summed E-state index contributed by atoms with van der Waals surface area (Å²) in [6, 6.07) is 3.41. The van der Waals surface area contributed by atoms with Gasteiger partial charge in [-0.25, -0.2) is 14.2 Å². The van der Waals surface area contributed by atoms with Crippen LogP contribution in [0.15, 0.2) is 30.6 Å². The molecule has 0 aliphatic carbocycles. The van der Waals surface area contributed by atoms with Gasteiger partial charge in [-0.1, -0.05) is 19.1 Å². The van der Waals surface area contributed by atoms with Gasteiger partial charge in [-0.05, 0) is 12.5 Å². The molecule has 0 aliphatic rings. The summed E-state index contributed by atoms with van der Waals surface area (Å²) in [7, 11) is 0. The lowest BCUT2D eigenvalue weighted by atomic mass is 10.0. The van der Waals surface area contributed by atoms with Crippen molar-refractivity contribution in [2.24, 2.45) is 5.84 Å². The summed E-state index contributed by atoms with van der Waals surface area (Å²) in [5.74, 6) is 3.68. The molecule has 1 heterocycles. The van der Waals surface area contributed by atoms with Gasteiger partial charge in [0.15, 0.2) is 11.6 Å². The lowest BCUT2D eigenvalue weighted by Crippen LogP contribution is -2.29. The zero-order chi connectivity index (χ0) is 13.8. The van der Waals surface area contributed by atoms with E-state index < -0.39 is 17.7 Å². The molecule has 3 N–H and O–H groups in total. The largest absolute Gasteiger partial charge is 0.272 e. The average Bonchev–Trinajstić information content (AvgIpc) is 2.84. The third-order valence-corrected chi connectivity index (χ3v) is 2.90. The van der Waals surface area contributed by atoms with E-state index in [2.05, 4.69) is 10.5 Å². The highest BCUT2D eigenvalue weighted by atomic mass is 19.2. The van der Waals surface area contributed by atoms with Crippen molar-refractivity contribution < 1.29 is 8.78 Å². The molecule has 1 atom stereocenters. The molecule has 0 spiro atoms. The van der Waals surface area contributed by atoms with E-state index >= 15 is 0 Å². The number of benzene rings is 1. The van der Waals surface area contributed by atoms with Gasteiger partial charge in [0.2, 0.25) is 0 Å². The Bertz CT molecular complexity index is 553. The first-order chi connectivity index (χ1) is 9.17. The summed E-state index contributed by atoms with van der Waals surface area (Å²) in [6.07, 6.45) is 4.32. The second-order valence-electron chi connectivity index (χ2n) is 4.28. The number of nitrogens with one attached hydrogen (secondary N) is 1. The molecule has 0 saturated heterocycles. The van der Waals surface area contributed by atoms with E-state index in [-0.39, 0.29) is 5.56 Å². The van der Waals surface area contributed by atoms with Crippen molar-refractivity contribution >= 4 is 0 Å². The number of hydrogen-bond acceptors (Lipinski definition) is 3. The Balaban J connectivity index is 2.35. The Hall–Kier alpha value is -1.79. The van der Waals surface area contributed by atoms with Crippen LogP contribution in [-0.4, -0.2) is 9.78 Å². The average molecular weight is 266 g/mol. The number of hydrogen-bond donors (Lipinski definition) is 2. The number of aryl methyl sites for hydroxylation is 1. The van der Waals surface area contributed by atoms with Crippen molar-refractivity contribution in [1.82, 2.24) is 15.2 Å². The van der Waals surface area contributed by atoms with Crippen LogP contribution in [0.3, 0.4) is 0 Å². The first-order valence-corrected chi connectivity index (χ1v) is 6.09. The normalized spacial score (nSPS) is 12.6. The van der Waals surface area contributed by atoms with Crippen LogP contribution in [0.2, 0.25) is 0 Å². The van der Waals surface area contributed by atoms with Crippen LogP contribution in [0.4, 0.5) is 8.78 Å². The van der Waals surface area contributed by atoms with E-state index in [9.17, 15) is 8.78 Å². The maximum atomic E-state index is 13.8. The van der Waals surface area contributed by atoms with Gasteiger partial charge in [0.25, 0.3) is 0 Å². The Labute approximate surface area is 110 Å². The van der Waals surface area contributed by atoms with Gasteiger partial charge in [0.1, 0.15) is 0 Å². The van der Waals surface area contributed by atoms with Gasteiger partial charge in [0, 0.05) is 23.9 Å². The van der Waals surface area contributed by atoms with Crippen molar-refractivity contribution in [3.05, 3.63) is 53.4 Å². The van der Waals surface area contributed by atoms with E-state index in [1.807, 2.05) is 6.92 Å². The van der Waals surface area contributed by atoms with Gasteiger partial charge in [-0.2, -0.15) is 5.10 Å². The van der Waals surface area contributed by atoms with Crippen molar-refractivity contribution in [1.29, 1.82) is 0 Å². The molecule has 0 saturated carbocycles. The van der Waals surface area contributed by atoms with Gasteiger partial charge in [-0.3, -0.25) is 10.5 Å². The number of hydrazine groups is 1. The molecule has 1 aromatic carbocycles. The Morgan fingerprint density at radius 2 is 2.21 bits per heavy atom. The molecule has 2 aromatic rings. The van der Waals surface area contributed by atoms with E-state index in [0.717, 1.165) is 19.0 Å². The summed E-state index contributed by atoms with van der Waals surface area (Å²) >= 11 is 0. The topological polar surface area (TPSA) is 55.9 Å². The van der Waals surface area contributed by atoms with Crippen LogP contribution >= 0.6 is 0 Å². The fourth-order valence-corrected chi connectivity index (χ4v) is 1.99. The monoisotopic (exact) mass is 266 g/mol. The highest BCUT2D eigenvalue weighted by molar-refractivity contribution is 5.30. The molecule has 4 nitrogen and oxygen atoms in total. The van der Waals surface area contributed by atoms with Crippen molar-refractivity contribution in [2.45, 2.75) is 25.9 Å². The smallest absolute Gasteiger partial charge is 0.163 e. The highest BCUT2D eigenvalue weighted by Crippen LogP contribution is 2.24. The second kappa shape index (κ2) is 5.90. The Morgan fingerprint density at radius 1 is 1.42 bits per heavy atom. The van der Waals surface area contributed by atoms with Crippen molar-refractivity contribution in [3.63, 3.8) is 0 Å². The van der Waals surface area contributed by atoms with Crippen LogP contribution in [0, 0.1) is 11.6 Å². The summed E-state index contributed by atoms with van der Waals surface area (Å²) in [5, 5.41) is 4.16. The minimum absolute atomic E-state index is 0.165. The van der Waals surface area contributed by atoms with Crippen LogP contribution < -0.4 is 11.3 Å². The van der Waals surface area contributed by atoms with Crippen LogP contribution in [0.5, 0.6) is 0 Å². The molecule has 1 unspecified atom stereocenters. The van der Waals surface area contributed by atoms with Gasteiger partial charge >= 0.3 is 0 Å². The second-order valence-corrected chi connectivity index (χ2v) is 4.28. The third-order valence-electron chi connectivity index (χ3n) is 2.90. The number of nitrogens with zero attached hydrogens (tertiary/aromatic N) is 2. The molecule has 0 aliphatic heterocycles. The lowest BCUT2D eigenvalue weighted by molar-refractivity contribution is 0.483. The standard InChI is InChI=1S/C13H16F2N4/c1-2-6-19-8-9(7-17-19)13(18-16)10-4-3-5-11(14)12(10)15/h3-5,7-8,13,18H,2,6,16H2,1H3. The Kier molecular flexibility index (Phi) is 4.24. The quantitative estimate of drug-likeness (QED) is 0.644. The van der Waals surface area contributed by atoms with Gasteiger partial charge in [-0.15, -0.1) is 0 Å². The summed E-state index contributed by atoms with van der Waals surface area (Å²) in [5.41, 5.74) is 3.36. The SMILES string of the molecule is CCCn1cc(C(NN)c2cccc(F)c2F)cn1. The number of halogens is 2. The molecule has 0 amide bonds. The number of aromatic nitrogens is 2. The molecule has 19 heavy (non-hydrogen) atoms. The van der Waals surface area contributed by atoms with Gasteiger partial charge in [0.05, 0.1) is 12.2 Å².